The second-order valence-corrected chi connectivity index (χ2v) is 6.37. The number of ether oxygens (including phenoxy) is 2. The number of rotatable bonds is 9. The van der Waals surface area contributed by atoms with Gasteiger partial charge in [-0.3, -0.25) is 0 Å². The van der Waals surface area contributed by atoms with Gasteiger partial charge < -0.3 is 19.9 Å². The fraction of sp³-hybridized carbons (Fsp3) is 1.00. The lowest BCUT2D eigenvalue weighted by molar-refractivity contribution is -0.0106. The van der Waals surface area contributed by atoms with Crippen LogP contribution in [0.25, 0.3) is 0 Å². The number of aliphatic hydroxyl groups excluding tert-OH is 1. The first-order valence-electron chi connectivity index (χ1n) is 8.18. The van der Waals surface area contributed by atoms with Crippen molar-refractivity contribution in [1.82, 2.24) is 5.32 Å². The fourth-order valence-corrected chi connectivity index (χ4v) is 2.61. The molecule has 0 radical (unpaired) electrons. The minimum atomic E-state index is -0.422. The van der Waals surface area contributed by atoms with Gasteiger partial charge in [0.1, 0.15) is 0 Å². The van der Waals surface area contributed by atoms with E-state index in [9.17, 15) is 5.11 Å². The Balaban J connectivity index is 2.00. The van der Waals surface area contributed by atoms with Crippen molar-refractivity contribution in [2.75, 3.05) is 26.4 Å². The zero-order valence-corrected chi connectivity index (χ0v) is 13.4. The van der Waals surface area contributed by atoms with Crippen LogP contribution in [-0.2, 0) is 9.47 Å². The van der Waals surface area contributed by atoms with Crippen LogP contribution in [0.4, 0.5) is 0 Å². The van der Waals surface area contributed by atoms with Gasteiger partial charge >= 0.3 is 0 Å². The summed E-state index contributed by atoms with van der Waals surface area (Å²) in [6.45, 7) is 8.51. The van der Waals surface area contributed by atoms with E-state index in [4.69, 9.17) is 9.47 Å². The van der Waals surface area contributed by atoms with Crippen LogP contribution in [0.15, 0.2) is 0 Å². The average Bonchev–Trinajstić information content (AvgIpc) is 2.60. The Bertz CT molecular complexity index is 236. The Morgan fingerprint density at radius 2 is 1.95 bits per heavy atom. The lowest BCUT2D eigenvalue weighted by Crippen LogP contribution is -2.37. The molecular weight excluding hydrogens is 254 g/mol. The molecule has 0 spiro atoms. The summed E-state index contributed by atoms with van der Waals surface area (Å²) in [7, 11) is 0. The van der Waals surface area contributed by atoms with Crippen molar-refractivity contribution < 1.29 is 14.6 Å². The van der Waals surface area contributed by atoms with Crippen LogP contribution < -0.4 is 5.32 Å². The van der Waals surface area contributed by atoms with Gasteiger partial charge in [0, 0.05) is 12.6 Å². The van der Waals surface area contributed by atoms with Crippen LogP contribution in [-0.4, -0.2) is 49.7 Å². The van der Waals surface area contributed by atoms with Crippen LogP contribution in [0.2, 0.25) is 0 Å². The molecule has 1 rings (SSSR count). The van der Waals surface area contributed by atoms with E-state index < -0.39 is 6.10 Å². The van der Waals surface area contributed by atoms with Crippen LogP contribution in [0.1, 0.15) is 52.9 Å². The van der Waals surface area contributed by atoms with Crippen molar-refractivity contribution in [1.29, 1.82) is 0 Å². The highest BCUT2D eigenvalue weighted by Crippen LogP contribution is 2.22. The molecule has 0 aromatic rings. The summed E-state index contributed by atoms with van der Waals surface area (Å²) in [5.41, 5.74) is 0. The molecule has 0 aromatic heterocycles. The Labute approximate surface area is 124 Å². The predicted octanol–water partition coefficient (Wildman–Crippen LogP) is 2.35. The van der Waals surface area contributed by atoms with E-state index in [2.05, 4.69) is 12.2 Å². The summed E-state index contributed by atoms with van der Waals surface area (Å²) in [4.78, 5) is 0. The molecule has 2 N–H and O–H groups in total. The van der Waals surface area contributed by atoms with Gasteiger partial charge in [-0.15, -0.1) is 0 Å². The standard InChI is InChI=1S/C16H33NO3/c1-13(2)20-10-9-19-12-16(18)11-17-15-6-4-5-14(3)7-8-15/h13-18H,4-12H2,1-3H3. The molecule has 0 bridgehead atoms. The van der Waals surface area contributed by atoms with Crippen molar-refractivity contribution in [2.24, 2.45) is 5.92 Å². The molecule has 3 unspecified atom stereocenters. The van der Waals surface area contributed by atoms with Crippen molar-refractivity contribution in [3.8, 4) is 0 Å². The summed E-state index contributed by atoms with van der Waals surface area (Å²) in [6.07, 6.45) is 6.24. The minimum Gasteiger partial charge on any atom is -0.389 e. The maximum atomic E-state index is 9.88. The normalized spacial score (nSPS) is 25.6. The maximum Gasteiger partial charge on any atom is 0.0897 e. The third-order valence-electron chi connectivity index (χ3n) is 3.89. The van der Waals surface area contributed by atoms with E-state index in [1.165, 1.54) is 32.1 Å². The highest BCUT2D eigenvalue weighted by Gasteiger charge is 2.16. The van der Waals surface area contributed by atoms with E-state index >= 15 is 0 Å². The molecule has 120 valence electrons. The molecule has 1 aliphatic carbocycles. The van der Waals surface area contributed by atoms with Crippen LogP contribution in [0.3, 0.4) is 0 Å². The summed E-state index contributed by atoms with van der Waals surface area (Å²) in [5.74, 6) is 0.857. The first-order valence-corrected chi connectivity index (χ1v) is 8.18. The molecule has 1 fully saturated rings. The van der Waals surface area contributed by atoms with Gasteiger partial charge in [0.2, 0.25) is 0 Å². The molecule has 3 atom stereocenters. The molecule has 0 aliphatic heterocycles. The van der Waals surface area contributed by atoms with Crippen molar-refractivity contribution in [2.45, 2.75) is 71.1 Å². The summed E-state index contributed by atoms with van der Waals surface area (Å²) >= 11 is 0. The first kappa shape index (κ1) is 17.9. The predicted molar refractivity (Wildman–Crippen MR) is 82.0 cm³/mol. The summed E-state index contributed by atoms with van der Waals surface area (Å²) in [6, 6.07) is 0.568. The van der Waals surface area contributed by atoms with Crippen LogP contribution in [0.5, 0.6) is 0 Å². The van der Waals surface area contributed by atoms with Gasteiger partial charge in [0.05, 0.1) is 32.0 Å². The van der Waals surface area contributed by atoms with Gasteiger partial charge in [0.25, 0.3) is 0 Å². The molecule has 1 aliphatic rings. The number of aliphatic hydroxyl groups is 1. The number of hydrogen-bond acceptors (Lipinski definition) is 4. The molecule has 4 nitrogen and oxygen atoms in total. The van der Waals surface area contributed by atoms with E-state index in [1.54, 1.807) is 0 Å². The van der Waals surface area contributed by atoms with E-state index in [0.29, 0.717) is 32.4 Å². The quantitative estimate of drug-likeness (QED) is 0.505. The van der Waals surface area contributed by atoms with Crippen molar-refractivity contribution in [3.05, 3.63) is 0 Å². The third kappa shape index (κ3) is 8.90. The summed E-state index contributed by atoms with van der Waals surface area (Å²) < 4.78 is 10.8. The lowest BCUT2D eigenvalue weighted by atomic mass is 10.0. The van der Waals surface area contributed by atoms with Crippen molar-refractivity contribution >= 4 is 0 Å². The SMILES string of the molecule is CC1CCCC(NCC(O)COCCOC(C)C)CC1. The van der Waals surface area contributed by atoms with E-state index in [-0.39, 0.29) is 6.10 Å². The second kappa shape index (κ2) is 10.6. The maximum absolute atomic E-state index is 9.88. The first-order chi connectivity index (χ1) is 9.58. The number of hydrogen-bond donors (Lipinski definition) is 2. The molecular formula is C16H33NO3. The topological polar surface area (TPSA) is 50.7 Å². The molecule has 1 saturated carbocycles. The van der Waals surface area contributed by atoms with Crippen LogP contribution in [0, 0.1) is 5.92 Å². The zero-order valence-electron chi connectivity index (χ0n) is 13.4. The highest BCUT2D eigenvalue weighted by molar-refractivity contribution is 4.74. The Morgan fingerprint density at radius 1 is 1.15 bits per heavy atom. The highest BCUT2D eigenvalue weighted by atomic mass is 16.5. The molecule has 0 amide bonds. The molecule has 4 heteroatoms. The Morgan fingerprint density at radius 3 is 2.70 bits per heavy atom. The summed E-state index contributed by atoms with van der Waals surface area (Å²) in [5, 5.41) is 13.4. The molecule has 0 heterocycles. The third-order valence-corrected chi connectivity index (χ3v) is 3.89. The van der Waals surface area contributed by atoms with E-state index in [0.717, 1.165) is 5.92 Å². The lowest BCUT2D eigenvalue weighted by Gasteiger charge is -2.19. The Hall–Kier alpha value is -0.160. The molecule has 20 heavy (non-hydrogen) atoms. The molecule has 0 saturated heterocycles. The number of nitrogens with one attached hydrogen (secondary N) is 1. The Kier molecular flexibility index (Phi) is 9.44. The smallest absolute Gasteiger partial charge is 0.0897 e. The largest absolute Gasteiger partial charge is 0.389 e. The van der Waals surface area contributed by atoms with Gasteiger partial charge in [0.15, 0.2) is 0 Å². The second-order valence-electron chi connectivity index (χ2n) is 6.37. The van der Waals surface area contributed by atoms with Gasteiger partial charge in [-0.05, 0) is 39.0 Å². The monoisotopic (exact) mass is 287 g/mol. The minimum absolute atomic E-state index is 0.239. The van der Waals surface area contributed by atoms with Gasteiger partial charge in [-0.2, -0.15) is 0 Å². The average molecular weight is 287 g/mol. The van der Waals surface area contributed by atoms with Gasteiger partial charge in [-0.25, -0.2) is 0 Å². The van der Waals surface area contributed by atoms with Gasteiger partial charge in [-0.1, -0.05) is 19.8 Å². The van der Waals surface area contributed by atoms with Crippen molar-refractivity contribution in [3.63, 3.8) is 0 Å². The zero-order chi connectivity index (χ0) is 14.8. The van der Waals surface area contributed by atoms with E-state index in [1.807, 2.05) is 13.8 Å². The molecule has 0 aromatic carbocycles. The van der Waals surface area contributed by atoms with Crippen LogP contribution >= 0.6 is 0 Å². The fourth-order valence-electron chi connectivity index (χ4n) is 2.61.